The molecule has 1 aromatic heterocycles. The van der Waals surface area contributed by atoms with Crippen LogP contribution in [-0.4, -0.2) is 54.6 Å². The molecule has 1 saturated carbocycles. The predicted octanol–water partition coefficient (Wildman–Crippen LogP) is 4.80. The van der Waals surface area contributed by atoms with Crippen molar-refractivity contribution in [3.63, 3.8) is 0 Å². The second-order valence-corrected chi connectivity index (χ2v) is 11.4. The Morgan fingerprint density at radius 1 is 1.02 bits per heavy atom. The summed E-state index contributed by atoms with van der Waals surface area (Å²) in [5.41, 5.74) is 6.62. The maximum atomic E-state index is 15.8. The molecule has 3 atom stereocenters. The summed E-state index contributed by atoms with van der Waals surface area (Å²) >= 11 is 0. The molecular weight excluding hydrogens is 519 g/mol. The van der Waals surface area contributed by atoms with Crippen molar-refractivity contribution in [2.24, 2.45) is 5.73 Å². The van der Waals surface area contributed by atoms with E-state index in [1.807, 2.05) is 4.90 Å². The standard InChI is InChI=1S/C30H28F3N5O2/c31-18-4-1-3-16(11-18)21-12-17(29(39)38-19-6-8-25(38)23(34)13-19)5-7-20(21)22-14-24-28(27(33)26(22)32)37(36-35-24)15-30(40)9-2-10-30/h1,3-5,7,11-12,14,19,23,25,40H,2,6,8-10,13,15,34H2/t19-,23+,25+/m1/s1. The second kappa shape index (κ2) is 9.14. The third-order valence-electron chi connectivity index (χ3n) is 8.92. The fraction of sp³-hybridized carbons (Fsp3) is 0.367. The van der Waals surface area contributed by atoms with Gasteiger partial charge in [0.15, 0.2) is 11.6 Å². The SMILES string of the molecule is N[C@H]1C[C@H]2CC[C@@H]1N2C(=O)c1ccc(-c2cc3nnn(CC4(O)CCC4)c3c(F)c2F)c(-c2cccc(F)c2)c1. The first kappa shape index (κ1) is 25.2. The highest BCUT2D eigenvalue weighted by Gasteiger charge is 2.47. The minimum absolute atomic E-state index is 0.0205. The first-order chi connectivity index (χ1) is 19.2. The second-order valence-electron chi connectivity index (χ2n) is 11.4. The average molecular weight is 548 g/mol. The molecule has 206 valence electrons. The van der Waals surface area contributed by atoms with Crippen LogP contribution in [0.1, 0.15) is 48.9 Å². The Morgan fingerprint density at radius 2 is 1.85 bits per heavy atom. The van der Waals surface area contributed by atoms with Crippen LogP contribution in [-0.2, 0) is 6.54 Å². The average Bonchev–Trinajstić information content (AvgIpc) is 3.61. The lowest BCUT2D eigenvalue weighted by atomic mass is 9.80. The maximum absolute atomic E-state index is 15.8. The number of amides is 1. The quantitative estimate of drug-likeness (QED) is 0.374. The number of benzene rings is 3. The molecule has 7 rings (SSSR count). The number of aromatic nitrogens is 3. The maximum Gasteiger partial charge on any atom is 0.254 e. The number of fused-ring (bicyclic) bond motifs is 3. The van der Waals surface area contributed by atoms with Crippen molar-refractivity contribution in [2.45, 2.75) is 68.8 Å². The summed E-state index contributed by atoms with van der Waals surface area (Å²) in [5.74, 6) is -2.92. The lowest BCUT2D eigenvalue weighted by molar-refractivity contribution is -0.0493. The van der Waals surface area contributed by atoms with Gasteiger partial charge in [-0.05, 0) is 85.5 Å². The third-order valence-corrected chi connectivity index (χ3v) is 8.92. The van der Waals surface area contributed by atoms with Crippen molar-refractivity contribution in [3.8, 4) is 22.3 Å². The van der Waals surface area contributed by atoms with Gasteiger partial charge in [-0.1, -0.05) is 23.4 Å². The van der Waals surface area contributed by atoms with Crippen LogP contribution in [0.5, 0.6) is 0 Å². The van der Waals surface area contributed by atoms with Gasteiger partial charge in [-0.2, -0.15) is 0 Å². The molecule has 3 fully saturated rings. The molecule has 4 aromatic rings. The molecule has 3 aliphatic rings. The molecule has 3 aromatic carbocycles. The highest BCUT2D eigenvalue weighted by Crippen LogP contribution is 2.41. The molecule has 3 N–H and O–H groups in total. The van der Waals surface area contributed by atoms with E-state index in [0.717, 1.165) is 25.7 Å². The number of hydrogen-bond donors (Lipinski definition) is 2. The van der Waals surface area contributed by atoms with Crippen molar-refractivity contribution in [2.75, 3.05) is 0 Å². The summed E-state index contributed by atoms with van der Waals surface area (Å²) in [7, 11) is 0. The lowest BCUT2D eigenvalue weighted by Crippen LogP contribution is -2.41. The van der Waals surface area contributed by atoms with Gasteiger partial charge in [-0.15, -0.1) is 5.10 Å². The molecule has 7 nitrogen and oxygen atoms in total. The number of halogens is 3. The number of carbonyl (C=O) groups excluding carboxylic acids is 1. The topological polar surface area (TPSA) is 97.3 Å². The van der Waals surface area contributed by atoms with Gasteiger partial charge in [0.05, 0.1) is 12.1 Å². The Labute approximate surface area is 228 Å². The molecule has 10 heteroatoms. The molecule has 0 unspecified atom stereocenters. The number of hydrogen-bond acceptors (Lipinski definition) is 5. The zero-order valence-electron chi connectivity index (χ0n) is 21.7. The van der Waals surface area contributed by atoms with Crippen LogP contribution in [0.25, 0.3) is 33.3 Å². The summed E-state index contributed by atoms with van der Waals surface area (Å²) in [6.45, 7) is 0.0205. The highest BCUT2D eigenvalue weighted by molar-refractivity contribution is 5.99. The van der Waals surface area contributed by atoms with E-state index in [2.05, 4.69) is 10.3 Å². The predicted molar refractivity (Wildman–Crippen MR) is 143 cm³/mol. The van der Waals surface area contributed by atoms with Crippen molar-refractivity contribution >= 4 is 16.9 Å². The fourth-order valence-corrected chi connectivity index (χ4v) is 6.71. The first-order valence-electron chi connectivity index (χ1n) is 13.6. The Bertz CT molecular complexity index is 1670. The van der Waals surface area contributed by atoms with E-state index in [1.54, 1.807) is 24.3 Å². The number of rotatable bonds is 5. The first-order valence-corrected chi connectivity index (χ1v) is 13.6. The Balaban J connectivity index is 1.34. The molecule has 0 spiro atoms. The van der Waals surface area contributed by atoms with Gasteiger partial charge >= 0.3 is 0 Å². The summed E-state index contributed by atoms with van der Waals surface area (Å²) < 4.78 is 46.9. The molecule has 40 heavy (non-hydrogen) atoms. The monoisotopic (exact) mass is 547 g/mol. The van der Waals surface area contributed by atoms with Crippen molar-refractivity contribution < 1.29 is 23.1 Å². The van der Waals surface area contributed by atoms with E-state index in [-0.39, 0.29) is 52.7 Å². The van der Waals surface area contributed by atoms with Gasteiger partial charge in [0, 0.05) is 29.3 Å². The molecule has 2 bridgehead atoms. The summed E-state index contributed by atoms with van der Waals surface area (Å²) in [4.78, 5) is 15.5. The van der Waals surface area contributed by atoms with Crippen molar-refractivity contribution in [1.82, 2.24) is 19.9 Å². The number of aliphatic hydroxyl groups is 1. The van der Waals surface area contributed by atoms with Gasteiger partial charge in [0.25, 0.3) is 5.91 Å². The van der Waals surface area contributed by atoms with E-state index in [4.69, 9.17) is 5.73 Å². The number of carbonyl (C=O) groups is 1. The zero-order chi connectivity index (χ0) is 27.8. The minimum Gasteiger partial charge on any atom is -0.388 e. The van der Waals surface area contributed by atoms with E-state index >= 15 is 8.78 Å². The van der Waals surface area contributed by atoms with E-state index < -0.39 is 23.1 Å². The van der Waals surface area contributed by atoms with Crippen molar-refractivity contribution in [3.05, 3.63) is 71.5 Å². The molecule has 1 aliphatic carbocycles. The summed E-state index contributed by atoms with van der Waals surface area (Å²) in [6, 6.07) is 11.9. The van der Waals surface area contributed by atoms with E-state index in [9.17, 15) is 14.3 Å². The highest BCUT2D eigenvalue weighted by atomic mass is 19.2. The van der Waals surface area contributed by atoms with E-state index in [1.165, 1.54) is 28.9 Å². The molecule has 2 saturated heterocycles. The van der Waals surface area contributed by atoms with Crippen LogP contribution in [0.3, 0.4) is 0 Å². The van der Waals surface area contributed by atoms with Crippen LogP contribution in [0.4, 0.5) is 13.2 Å². The summed E-state index contributed by atoms with van der Waals surface area (Å²) in [5, 5.41) is 18.6. The van der Waals surface area contributed by atoms with Gasteiger partial charge in [0.1, 0.15) is 16.9 Å². The molecule has 3 heterocycles. The van der Waals surface area contributed by atoms with Gasteiger partial charge in [0.2, 0.25) is 0 Å². The summed E-state index contributed by atoms with van der Waals surface area (Å²) in [6.07, 6.45) is 4.49. The minimum atomic E-state index is -1.13. The molecule has 2 aliphatic heterocycles. The molecule has 0 radical (unpaired) electrons. The largest absolute Gasteiger partial charge is 0.388 e. The van der Waals surface area contributed by atoms with Crippen LogP contribution in [0, 0.1) is 17.5 Å². The van der Waals surface area contributed by atoms with Crippen molar-refractivity contribution in [1.29, 1.82) is 0 Å². The van der Waals surface area contributed by atoms with Crippen LogP contribution < -0.4 is 5.73 Å². The Hall–Kier alpha value is -3.76. The van der Waals surface area contributed by atoms with Crippen LogP contribution in [0.2, 0.25) is 0 Å². The van der Waals surface area contributed by atoms with E-state index in [0.29, 0.717) is 29.5 Å². The number of nitrogens with zero attached hydrogens (tertiary/aromatic N) is 4. The van der Waals surface area contributed by atoms with Gasteiger partial charge in [-0.3, -0.25) is 4.79 Å². The Kier molecular flexibility index (Phi) is 5.76. The third kappa shape index (κ3) is 3.92. The lowest BCUT2D eigenvalue weighted by Gasteiger charge is -2.36. The van der Waals surface area contributed by atoms with Gasteiger partial charge < -0.3 is 15.7 Å². The number of nitrogens with two attached hydrogens (primary N) is 1. The molecular formula is C30H28F3N5O2. The van der Waals surface area contributed by atoms with Crippen LogP contribution in [0.15, 0.2) is 48.5 Å². The normalized spacial score (nSPS) is 23.1. The van der Waals surface area contributed by atoms with Gasteiger partial charge in [-0.25, -0.2) is 17.9 Å². The zero-order valence-corrected chi connectivity index (χ0v) is 21.7. The Morgan fingerprint density at radius 3 is 2.52 bits per heavy atom. The smallest absolute Gasteiger partial charge is 0.254 e. The van der Waals surface area contributed by atoms with Crippen LogP contribution >= 0.6 is 0 Å². The molecule has 1 amide bonds. The fourth-order valence-electron chi connectivity index (χ4n) is 6.71.